The number of hydrogen-bond acceptors (Lipinski definition) is 6. The first kappa shape index (κ1) is 17.5. The maximum Gasteiger partial charge on any atom is 0.148 e. The largest absolute Gasteiger partial charge is 0.328 e. The summed E-state index contributed by atoms with van der Waals surface area (Å²) < 4.78 is 1.90. The Balaban J connectivity index is 1.74. The minimum absolute atomic E-state index is 0.242. The topological polar surface area (TPSA) is 109 Å². The molecule has 0 bridgehead atoms. The van der Waals surface area contributed by atoms with E-state index in [0.29, 0.717) is 0 Å². The van der Waals surface area contributed by atoms with E-state index >= 15 is 0 Å². The fraction of sp³-hybridized carbons (Fsp3) is 0.684. The molecule has 2 saturated carbocycles. The average molecular weight is 355 g/mol. The summed E-state index contributed by atoms with van der Waals surface area (Å²) in [6, 6.07) is 0.242. The fourth-order valence-electron chi connectivity index (χ4n) is 3.87. The van der Waals surface area contributed by atoms with Crippen LogP contribution in [0.25, 0.3) is 11.4 Å². The Labute approximate surface area is 154 Å². The van der Waals surface area contributed by atoms with Gasteiger partial charge in [0.05, 0.1) is 16.9 Å². The van der Waals surface area contributed by atoms with Gasteiger partial charge in [-0.2, -0.15) is 0 Å². The third kappa shape index (κ3) is 3.25. The van der Waals surface area contributed by atoms with Gasteiger partial charge in [0.15, 0.2) is 0 Å². The molecule has 7 heteroatoms. The first-order valence-corrected chi connectivity index (χ1v) is 9.80. The van der Waals surface area contributed by atoms with Crippen molar-refractivity contribution in [1.29, 1.82) is 0 Å². The van der Waals surface area contributed by atoms with E-state index in [1.54, 1.807) is 0 Å². The lowest BCUT2D eigenvalue weighted by atomic mass is 9.79. The summed E-state index contributed by atoms with van der Waals surface area (Å²) in [4.78, 5) is 9.58. The van der Waals surface area contributed by atoms with Crippen molar-refractivity contribution in [3.8, 4) is 11.4 Å². The minimum Gasteiger partial charge on any atom is -0.328 e. The predicted octanol–water partition coefficient (Wildman–Crippen LogP) is 1.84. The molecule has 0 unspecified atom stereocenters. The van der Waals surface area contributed by atoms with Gasteiger partial charge < -0.3 is 11.5 Å². The van der Waals surface area contributed by atoms with Crippen molar-refractivity contribution in [1.82, 2.24) is 25.0 Å². The first-order valence-electron chi connectivity index (χ1n) is 9.80. The molecule has 2 aromatic heterocycles. The molecular formula is C19H29N7. The van der Waals surface area contributed by atoms with Gasteiger partial charge in [0.1, 0.15) is 11.5 Å². The number of aryl methyl sites for hydroxylation is 2. The lowest BCUT2D eigenvalue weighted by molar-refractivity contribution is 0.264. The van der Waals surface area contributed by atoms with Crippen LogP contribution in [0, 0.1) is 5.92 Å². The minimum atomic E-state index is -0.490. The molecule has 0 atom stereocenters. The Morgan fingerprint density at radius 3 is 2.58 bits per heavy atom. The van der Waals surface area contributed by atoms with Crippen LogP contribution in [0.15, 0.2) is 6.20 Å². The van der Waals surface area contributed by atoms with E-state index in [4.69, 9.17) is 16.5 Å². The highest BCUT2D eigenvalue weighted by Gasteiger charge is 2.36. The van der Waals surface area contributed by atoms with Gasteiger partial charge in [-0.15, -0.1) is 5.10 Å². The SMILES string of the molecule is CCc1cnc(C2(N)CCC(N)CC2)nc1-c1nnn(C)c1CC1CC1. The van der Waals surface area contributed by atoms with E-state index in [2.05, 4.69) is 22.2 Å². The van der Waals surface area contributed by atoms with E-state index in [-0.39, 0.29) is 6.04 Å². The van der Waals surface area contributed by atoms with Gasteiger partial charge in [-0.1, -0.05) is 12.1 Å². The van der Waals surface area contributed by atoms with Gasteiger partial charge in [0, 0.05) is 19.3 Å². The highest BCUT2D eigenvalue weighted by Crippen LogP contribution is 2.37. The normalized spacial score (nSPS) is 26.2. The monoisotopic (exact) mass is 355 g/mol. The molecule has 2 aromatic rings. The molecule has 2 fully saturated rings. The van der Waals surface area contributed by atoms with Crippen LogP contribution in [0.1, 0.15) is 62.5 Å². The van der Waals surface area contributed by atoms with E-state index in [9.17, 15) is 0 Å². The second-order valence-corrected chi connectivity index (χ2v) is 8.07. The first-order chi connectivity index (χ1) is 12.5. The van der Waals surface area contributed by atoms with Gasteiger partial charge in [0.25, 0.3) is 0 Å². The van der Waals surface area contributed by atoms with Gasteiger partial charge >= 0.3 is 0 Å². The van der Waals surface area contributed by atoms with E-state index < -0.39 is 5.54 Å². The average Bonchev–Trinajstić information content (AvgIpc) is 3.40. The fourth-order valence-corrected chi connectivity index (χ4v) is 3.87. The quantitative estimate of drug-likeness (QED) is 0.847. The summed E-state index contributed by atoms with van der Waals surface area (Å²) in [7, 11) is 1.97. The molecule has 0 spiro atoms. The molecule has 2 aliphatic carbocycles. The Bertz CT molecular complexity index is 785. The molecule has 2 aliphatic rings. The predicted molar refractivity (Wildman–Crippen MR) is 100 cm³/mol. The van der Waals surface area contributed by atoms with Crippen LogP contribution < -0.4 is 11.5 Å². The maximum atomic E-state index is 6.69. The van der Waals surface area contributed by atoms with Crippen molar-refractivity contribution in [3.63, 3.8) is 0 Å². The summed E-state index contributed by atoms with van der Waals surface area (Å²) in [6.45, 7) is 2.12. The number of nitrogens with zero attached hydrogens (tertiary/aromatic N) is 5. The molecule has 7 nitrogen and oxygen atoms in total. The molecule has 4 N–H and O–H groups in total. The van der Waals surface area contributed by atoms with Crippen LogP contribution in [0.4, 0.5) is 0 Å². The van der Waals surface area contributed by atoms with E-state index in [0.717, 1.165) is 67.2 Å². The third-order valence-corrected chi connectivity index (χ3v) is 5.96. The van der Waals surface area contributed by atoms with Crippen LogP contribution in [-0.2, 0) is 25.4 Å². The van der Waals surface area contributed by atoms with Gasteiger partial charge in [0.2, 0.25) is 0 Å². The second kappa shape index (κ2) is 6.70. The van der Waals surface area contributed by atoms with Crippen LogP contribution >= 0.6 is 0 Å². The number of nitrogens with two attached hydrogens (primary N) is 2. The number of rotatable bonds is 5. The summed E-state index contributed by atoms with van der Waals surface area (Å²) in [5.74, 6) is 1.48. The van der Waals surface area contributed by atoms with Gasteiger partial charge in [-0.05, 0) is 62.8 Å². The number of aromatic nitrogens is 5. The zero-order chi connectivity index (χ0) is 18.3. The van der Waals surface area contributed by atoms with Crippen molar-refractivity contribution >= 4 is 0 Å². The standard InChI is InChI=1S/C19H29N7/c1-3-13-11-22-18(19(21)8-6-14(20)7-9-19)23-16(13)17-15(10-12-4-5-12)26(2)25-24-17/h11-12,14H,3-10,20-21H2,1-2H3. The van der Waals surface area contributed by atoms with Crippen molar-refractivity contribution in [2.75, 3.05) is 0 Å². The lowest BCUT2D eigenvalue weighted by Gasteiger charge is -2.34. The zero-order valence-corrected chi connectivity index (χ0v) is 15.8. The molecule has 26 heavy (non-hydrogen) atoms. The second-order valence-electron chi connectivity index (χ2n) is 8.07. The summed E-state index contributed by atoms with van der Waals surface area (Å²) in [6.07, 6.45) is 9.89. The summed E-state index contributed by atoms with van der Waals surface area (Å²) in [5, 5.41) is 8.74. The van der Waals surface area contributed by atoms with Crippen LogP contribution in [-0.4, -0.2) is 31.0 Å². The molecule has 140 valence electrons. The molecule has 4 rings (SSSR count). The molecule has 0 aromatic carbocycles. The maximum absolute atomic E-state index is 6.69. The van der Waals surface area contributed by atoms with Crippen molar-refractivity contribution in [2.24, 2.45) is 24.4 Å². The summed E-state index contributed by atoms with van der Waals surface area (Å²) in [5.41, 5.74) is 16.3. The van der Waals surface area contributed by atoms with Gasteiger partial charge in [-0.25, -0.2) is 9.97 Å². The van der Waals surface area contributed by atoms with Crippen LogP contribution in [0.5, 0.6) is 0 Å². The smallest absolute Gasteiger partial charge is 0.148 e. The Morgan fingerprint density at radius 2 is 1.92 bits per heavy atom. The molecular weight excluding hydrogens is 326 g/mol. The molecule has 0 saturated heterocycles. The van der Waals surface area contributed by atoms with Crippen molar-refractivity contribution in [2.45, 2.75) is 69.9 Å². The molecule has 0 amide bonds. The zero-order valence-electron chi connectivity index (χ0n) is 15.8. The van der Waals surface area contributed by atoms with Crippen molar-refractivity contribution < 1.29 is 0 Å². The van der Waals surface area contributed by atoms with E-state index in [1.165, 1.54) is 18.5 Å². The Kier molecular flexibility index (Phi) is 4.52. The van der Waals surface area contributed by atoms with E-state index in [1.807, 2.05) is 17.9 Å². The molecule has 0 aliphatic heterocycles. The highest BCUT2D eigenvalue weighted by atomic mass is 15.4. The third-order valence-electron chi connectivity index (χ3n) is 5.96. The number of hydrogen-bond donors (Lipinski definition) is 2. The molecule has 2 heterocycles. The van der Waals surface area contributed by atoms with Crippen LogP contribution in [0.3, 0.4) is 0 Å². The Hall–Kier alpha value is -1.86. The van der Waals surface area contributed by atoms with Crippen molar-refractivity contribution in [3.05, 3.63) is 23.3 Å². The van der Waals surface area contributed by atoms with Crippen LogP contribution in [0.2, 0.25) is 0 Å². The highest BCUT2D eigenvalue weighted by molar-refractivity contribution is 5.61. The summed E-state index contributed by atoms with van der Waals surface area (Å²) >= 11 is 0. The lowest BCUT2D eigenvalue weighted by Crippen LogP contribution is -2.45. The van der Waals surface area contributed by atoms with Gasteiger partial charge in [-0.3, -0.25) is 4.68 Å². The molecule has 0 radical (unpaired) electrons. The Morgan fingerprint density at radius 1 is 1.19 bits per heavy atom.